The maximum Gasteiger partial charge on any atom is 0.407 e. The van der Waals surface area contributed by atoms with Gasteiger partial charge < -0.3 is 20.7 Å². The van der Waals surface area contributed by atoms with Gasteiger partial charge in [0.2, 0.25) is 5.91 Å². The normalized spacial score (nSPS) is 11.1. The number of unbranched alkanes of at least 4 members (excludes halogenated alkanes) is 1. The number of alkyl carbamates (subject to hydrolysis) is 1. The number of nitrogens with one attached hydrogen (secondary N) is 1. The molecule has 0 radical (unpaired) electrons. The van der Waals surface area contributed by atoms with E-state index in [9.17, 15) is 9.59 Å². The molecule has 0 atom stereocenters. The van der Waals surface area contributed by atoms with Crippen LogP contribution in [0.4, 0.5) is 4.79 Å². The second-order valence-corrected chi connectivity index (χ2v) is 5.78. The van der Waals surface area contributed by atoms with Gasteiger partial charge in [0.25, 0.3) is 0 Å². The molecular weight excluding hydrogens is 258 g/mol. The fourth-order valence-corrected chi connectivity index (χ4v) is 1.64. The van der Waals surface area contributed by atoms with E-state index in [1.54, 1.807) is 11.8 Å². The van der Waals surface area contributed by atoms with Gasteiger partial charge in [-0.25, -0.2) is 4.79 Å². The maximum atomic E-state index is 11.4. The molecule has 0 aliphatic rings. The molecule has 0 heterocycles. The average Bonchev–Trinajstić information content (AvgIpc) is 2.29. The molecule has 0 saturated heterocycles. The minimum absolute atomic E-state index is 0.0681. The van der Waals surface area contributed by atoms with Gasteiger partial charge in [0, 0.05) is 26.6 Å². The summed E-state index contributed by atoms with van der Waals surface area (Å²) in [5, 5.41) is 2.70. The van der Waals surface area contributed by atoms with Crippen LogP contribution in [0.25, 0.3) is 0 Å². The first-order valence-electron chi connectivity index (χ1n) is 7.18. The predicted molar refractivity (Wildman–Crippen MR) is 79.4 cm³/mol. The van der Waals surface area contributed by atoms with Crippen LogP contribution < -0.4 is 11.1 Å². The van der Waals surface area contributed by atoms with E-state index in [1.165, 1.54) is 0 Å². The van der Waals surface area contributed by atoms with Crippen LogP contribution in [0.1, 0.15) is 47.0 Å². The predicted octanol–water partition coefficient (Wildman–Crippen LogP) is 1.49. The molecule has 0 fully saturated rings. The molecular formula is C14H29N3O3. The van der Waals surface area contributed by atoms with Gasteiger partial charge >= 0.3 is 6.09 Å². The van der Waals surface area contributed by atoms with Crippen LogP contribution in [-0.4, -0.2) is 48.7 Å². The van der Waals surface area contributed by atoms with Gasteiger partial charge in [0.15, 0.2) is 0 Å². The van der Waals surface area contributed by atoms with E-state index in [0.717, 1.165) is 19.3 Å². The number of hydrogen-bond acceptors (Lipinski definition) is 4. The number of carbonyl (C=O) groups is 2. The molecule has 0 saturated carbocycles. The number of amides is 2. The monoisotopic (exact) mass is 287 g/mol. The molecule has 118 valence electrons. The molecule has 0 bridgehead atoms. The van der Waals surface area contributed by atoms with Crippen LogP contribution in [0.3, 0.4) is 0 Å². The summed E-state index contributed by atoms with van der Waals surface area (Å²) in [5.41, 5.74) is 4.96. The highest BCUT2D eigenvalue weighted by molar-refractivity contribution is 5.73. The zero-order chi connectivity index (χ0) is 15.6. The Morgan fingerprint density at radius 1 is 1.15 bits per heavy atom. The third-order valence-corrected chi connectivity index (χ3v) is 2.60. The molecule has 0 aromatic carbocycles. The van der Waals surface area contributed by atoms with E-state index >= 15 is 0 Å². The third kappa shape index (κ3) is 10.6. The zero-order valence-corrected chi connectivity index (χ0v) is 13.2. The van der Waals surface area contributed by atoms with E-state index in [2.05, 4.69) is 5.32 Å². The van der Waals surface area contributed by atoms with Gasteiger partial charge in [-0.15, -0.1) is 0 Å². The number of ether oxygens (including phenoxy) is 1. The van der Waals surface area contributed by atoms with Crippen molar-refractivity contribution < 1.29 is 14.3 Å². The minimum Gasteiger partial charge on any atom is -0.444 e. The number of nitrogens with two attached hydrogens (primary N) is 1. The van der Waals surface area contributed by atoms with Gasteiger partial charge in [-0.05, 0) is 46.6 Å². The van der Waals surface area contributed by atoms with Crippen molar-refractivity contribution in [2.75, 3.05) is 26.2 Å². The molecule has 0 unspecified atom stereocenters. The average molecular weight is 287 g/mol. The Hall–Kier alpha value is -1.30. The van der Waals surface area contributed by atoms with Crippen molar-refractivity contribution in [3.05, 3.63) is 0 Å². The maximum absolute atomic E-state index is 11.4. The van der Waals surface area contributed by atoms with Crippen molar-refractivity contribution in [2.45, 2.75) is 52.6 Å². The fraction of sp³-hybridized carbons (Fsp3) is 0.857. The largest absolute Gasteiger partial charge is 0.444 e. The van der Waals surface area contributed by atoms with Crippen LogP contribution in [0.15, 0.2) is 0 Å². The highest BCUT2D eigenvalue weighted by Crippen LogP contribution is 2.06. The van der Waals surface area contributed by atoms with Crippen molar-refractivity contribution >= 4 is 12.0 Å². The molecule has 6 heteroatoms. The quantitative estimate of drug-likeness (QED) is 0.662. The standard InChI is InChI=1S/C14H29N3O3/c1-12(18)17(11-7-8-15)10-6-5-9-16-13(19)20-14(2,3)4/h5-11,15H2,1-4H3,(H,16,19). The number of carbonyl (C=O) groups excluding carboxylic acids is 2. The molecule has 3 N–H and O–H groups in total. The molecule has 0 spiro atoms. The van der Waals surface area contributed by atoms with Gasteiger partial charge in [0.1, 0.15) is 5.60 Å². The summed E-state index contributed by atoms with van der Waals surface area (Å²) in [6.45, 7) is 9.59. The molecule has 0 aromatic rings. The summed E-state index contributed by atoms with van der Waals surface area (Å²) in [6, 6.07) is 0. The van der Waals surface area contributed by atoms with Crippen LogP contribution in [0.2, 0.25) is 0 Å². The smallest absolute Gasteiger partial charge is 0.407 e. The lowest BCUT2D eigenvalue weighted by Crippen LogP contribution is -2.34. The molecule has 0 rings (SSSR count). The Labute approximate surface area is 122 Å². The molecule has 0 aliphatic carbocycles. The van der Waals surface area contributed by atoms with Gasteiger partial charge in [0.05, 0.1) is 0 Å². The Morgan fingerprint density at radius 2 is 1.75 bits per heavy atom. The lowest BCUT2D eigenvalue weighted by atomic mass is 10.2. The second kappa shape index (κ2) is 9.58. The number of rotatable bonds is 8. The zero-order valence-electron chi connectivity index (χ0n) is 13.2. The molecule has 6 nitrogen and oxygen atoms in total. The number of nitrogens with zero attached hydrogens (tertiary/aromatic N) is 1. The van der Waals surface area contributed by atoms with Gasteiger partial charge in [-0.3, -0.25) is 4.79 Å². The molecule has 20 heavy (non-hydrogen) atoms. The summed E-state index contributed by atoms with van der Waals surface area (Å²) in [7, 11) is 0. The Kier molecular flexibility index (Phi) is 8.96. The lowest BCUT2D eigenvalue weighted by Gasteiger charge is -2.21. The van der Waals surface area contributed by atoms with E-state index < -0.39 is 11.7 Å². The van der Waals surface area contributed by atoms with Crippen LogP contribution in [0.5, 0.6) is 0 Å². The highest BCUT2D eigenvalue weighted by Gasteiger charge is 2.15. The van der Waals surface area contributed by atoms with Crippen molar-refractivity contribution in [1.29, 1.82) is 0 Å². The van der Waals surface area contributed by atoms with Crippen molar-refractivity contribution in [3.63, 3.8) is 0 Å². The number of hydrogen-bond donors (Lipinski definition) is 2. The Morgan fingerprint density at radius 3 is 2.25 bits per heavy atom. The lowest BCUT2D eigenvalue weighted by molar-refractivity contribution is -0.129. The Balaban J connectivity index is 3.73. The van der Waals surface area contributed by atoms with E-state index in [1.807, 2.05) is 20.8 Å². The van der Waals surface area contributed by atoms with E-state index in [4.69, 9.17) is 10.5 Å². The topological polar surface area (TPSA) is 84.7 Å². The van der Waals surface area contributed by atoms with Crippen LogP contribution in [0, 0.1) is 0 Å². The summed E-state index contributed by atoms with van der Waals surface area (Å²) in [6.07, 6.45) is 2.07. The van der Waals surface area contributed by atoms with Crippen molar-refractivity contribution in [1.82, 2.24) is 10.2 Å². The third-order valence-electron chi connectivity index (χ3n) is 2.60. The summed E-state index contributed by atoms with van der Waals surface area (Å²) >= 11 is 0. The van der Waals surface area contributed by atoms with Crippen LogP contribution in [-0.2, 0) is 9.53 Å². The van der Waals surface area contributed by atoms with Crippen molar-refractivity contribution in [2.24, 2.45) is 5.73 Å². The first-order valence-corrected chi connectivity index (χ1v) is 7.18. The Bertz CT molecular complexity index is 301. The highest BCUT2D eigenvalue weighted by atomic mass is 16.6. The molecule has 0 aliphatic heterocycles. The summed E-state index contributed by atoms with van der Waals surface area (Å²) < 4.78 is 5.13. The van der Waals surface area contributed by atoms with Crippen LogP contribution >= 0.6 is 0 Å². The van der Waals surface area contributed by atoms with E-state index in [0.29, 0.717) is 26.2 Å². The van der Waals surface area contributed by atoms with Crippen molar-refractivity contribution in [3.8, 4) is 0 Å². The first kappa shape index (κ1) is 18.7. The second-order valence-electron chi connectivity index (χ2n) is 5.78. The fourth-order valence-electron chi connectivity index (χ4n) is 1.64. The van der Waals surface area contributed by atoms with E-state index in [-0.39, 0.29) is 5.91 Å². The SMILES string of the molecule is CC(=O)N(CCCN)CCCCNC(=O)OC(C)(C)C. The summed E-state index contributed by atoms with van der Waals surface area (Å²) in [5.74, 6) is 0.0681. The van der Waals surface area contributed by atoms with Gasteiger partial charge in [-0.2, -0.15) is 0 Å². The van der Waals surface area contributed by atoms with Gasteiger partial charge in [-0.1, -0.05) is 0 Å². The molecule has 0 aromatic heterocycles. The minimum atomic E-state index is -0.474. The first-order chi connectivity index (χ1) is 9.26. The molecule has 2 amide bonds. The summed E-state index contributed by atoms with van der Waals surface area (Å²) in [4.78, 5) is 24.6.